The number of nitrogens with zero attached hydrogens (tertiary/aromatic N) is 4. The molecule has 0 aliphatic carbocycles. The first-order valence-corrected chi connectivity index (χ1v) is 6.89. The summed E-state index contributed by atoms with van der Waals surface area (Å²) in [4.78, 5) is 0. The lowest BCUT2D eigenvalue weighted by molar-refractivity contribution is -0.146. The molecule has 0 saturated heterocycles. The molecule has 2 heterocycles. The van der Waals surface area contributed by atoms with Gasteiger partial charge in [-0.3, -0.25) is 0 Å². The molecule has 0 fully saturated rings. The molecule has 0 spiro atoms. The minimum atomic E-state index is -4.64. The summed E-state index contributed by atoms with van der Waals surface area (Å²) >= 11 is 0. The Bertz CT molecular complexity index is 878. The summed E-state index contributed by atoms with van der Waals surface area (Å²) in [6, 6.07) is 7.29. The molecular weight excluding hydrogens is 327 g/mol. The summed E-state index contributed by atoms with van der Waals surface area (Å²) in [6.07, 6.45) is -4.17. The first-order valence-electron chi connectivity index (χ1n) is 6.89. The van der Waals surface area contributed by atoms with E-state index in [9.17, 15) is 23.4 Å². The molecule has 0 radical (unpaired) electrons. The van der Waals surface area contributed by atoms with Crippen LogP contribution in [0.4, 0.5) is 19.0 Å². The van der Waals surface area contributed by atoms with E-state index >= 15 is 0 Å². The molecule has 0 unspecified atom stereocenters. The van der Waals surface area contributed by atoms with Gasteiger partial charge < -0.3 is 15.5 Å². The molecule has 3 N–H and O–H groups in total. The fourth-order valence-electron chi connectivity index (χ4n) is 2.12. The summed E-state index contributed by atoms with van der Waals surface area (Å²) in [5.74, 6) is -1.40. The SMILES string of the molecule is Oc1ccc(CCNc2ccc3nnc(C(F)(F)F)n3n2)cc1O. The van der Waals surface area contributed by atoms with Crippen LogP contribution in [-0.2, 0) is 12.6 Å². The number of phenols is 2. The molecule has 3 aromatic rings. The van der Waals surface area contributed by atoms with E-state index in [1.807, 2.05) is 0 Å². The number of fused-ring (bicyclic) bond motifs is 1. The van der Waals surface area contributed by atoms with Gasteiger partial charge in [-0.25, -0.2) is 0 Å². The summed E-state index contributed by atoms with van der Waals surface area (Å²) in [5.41, 5.74) is 0.746. The van der Waals surface area contributed by atoms with Crippen LogP contribution in [0.2, 0.25) is 0 Å². The highest BCUT2D eigenvalue weighted by Gasteiger charge is 2.37. The maximum atomic E-state index is 12.8. The van der Waals surface area contributed by atoms with Crippen molar-refractivity contribution >= 4 is 11.5 Å². The molecule has 126 valence electrons. The monoisotopic (exact) mass is 339 g/mol. The van der Waals surface area contributed by atoms with E-state index in [0.717, 1.165) is 5.56 Å². The van der Waals surface area contributed by atoms with Gasteiger partial charge in [0.15, 0.2) is 17.1 Å². The van der Waals surface area contributed by atoms with Crippen LogP contribution in [0, 0.1) is 0 Å². The zero-order valence-corrected chi connectivity index (χ0v) is 12.1. The van der Waals surface area contributed by atoms with Gasteiger partial charge >= 0.3 is 6.18 Å². The Kier molecular flexibility index (Phi) is 3.87. The number of nitrogens with one attached hydrogen (secondary N) is 1. The third-order valence-corrected chi connectivity index (χ3v) is 3.28. The van der Waals surface area contributed by atoms with Crippen LogP contribution in [0.25, 0.3) is 5.65 Å². The normalized spacial score (nSPS) is 11.8. The molecule has 7 nitrogen and oxygen atoms in total. The Morgan fingerprint density at radius 3 is 2.54 bits per heavy atom. The van der Waals surface area contributed by atoms with Gasteiger partial charge in [0.25, 0.3) is 5.82 Å². The molecule has 3 rings (SSSR count). The van der Waals surface area contributed by atoms with Crippen LogP contribution in [0.1, 0.15) is 11.4 Å². The molecule has 0 amide bonds. The lowest BCUT2D eigenvalue weighted by Gasteiger charge is -2.08. The van der Waals surface area contributed by atoms with Gasteiger partial charge in [-0.15, -0.1) is 15.3 Å². The van der Waals surface area contributed by atoms with E-state index in [4.69, 9.17) is 0 Å². The van der Waals surface area contributed by atoms with Crippen LogP contribution < -0.4 is 5.32 Å². The second kappa shape index (κ2) is 5.87. The summed E-state index contributed by atoms with van der Waals surface area (Å²) in [5, 5.41) is 31.9. The fraction of sp³-hybridized carbons (Fsp3) is 0.214. The highest BCUT2D eigenvalue weighted by atomic mass is 19.4. The van der Waals surface area contributed by atoms with E-state index in [-0.39, 0.29) is 23.0 Å². The first kappa shape index (κ1) is 15.8. The predicted octanol–water partition coefficient (Wildman–Crippen LogP) is 2.21. The van der Waals surface area contributed by atoms with Crippen molar-refractivity contribution in [3.63, 3.8) is 0 Å². The summed E-state index contributed by atoms with van der Waals surface area (Å²) in [7, 11) is 0. The number of halogens is 3. The largest absolute Gasteiger partial charge is 0.504 e. The van der Waals surface area contributed by atoms with Crippen molar-refractivity contribution in [1.82, 2.24) is 19.8 Å². The lowest BCUT2D eigenvalue weighted by atomic mass is 10.1. The molecule has 24 heavy (non-hydrogen) atoms. The lowest BCUT2D eigenvalue weighted by Crippen LogP contribution is -2.14. The number of hydrogen-bond acceptors (Lipinski definition) is 6. The van der Waals surface area contributed by atoms with E-state index in [1.54, 1.807) is 6.07 Å². The predicted molar refractivity (Wildman–Crippen MR) is 77.7 cm³/mol. The first-order chi connectivity index (χ1) is 11.3. The second-order valence-corrected chi connectivity index (χ2v) is 5.01. The number of alkyl halides is 3. The Labute approximate surface area is 133 Å². The van der Waals surface area contributed by atoms with Gasteiger partial charge in [0, 0.05) is 6.54 Å². The standard InChI is InChI=1S/C14H12F3N5O2/c15-14(16,17)13-20-19-12-4-3-11(21-22(12)13)18-6-5-8-1-2-9(23)10(24)7-8/h1-4,7,23-24H,5-6H2,(H,18,21). The van der Waals surface area contributed by atoms with Crippen molar-refractivity contribution < 1.29 is 23.4 Å². The molecule has 0 atom stereocenters. The second-order valence-electron chi connectivity index (χ2n) is 5.01. The highest BCUT2D eigenvalue weighted by Crippen LogP contribution is 2.27. The molecular formula is C14H12F3N5O2. The number of phenolic OH excluding ortho intramolecular Hbond substituents is 2. The molecule has 0 bridgehead atoms. The van der Waals surface area contributed by atoms with Gasteiger partial charge in [0.05, 0.1) is 0 Å². The fourth-order valence-corrected chi connectivity index (χ4v) is 2.12. The third kappa shape index (κ3) is 3.16. The van der Waals surface area contributed by atoms with Crippen LogP contribution in [0.15, 0.2) is 30.3 Å². The molecule has 0 saturated carbocycles. The number of aromatic hydroxyl groups is 2. The number of aromatic nitrogens is 4. The zero-order valence-electron chi connectivity index (χ0n) is 12.1. The highest BCUT2D eigenvalue weighted by molar-refractivity contribution is 5.45. The van der Waals surface area contributed by atoms with Gasteiger partial charge in [0.1, 0.15) is 5.82 Å². The Balaban J connectivity index is 1.72. The summed E-state index contributed by atoms with van der Waals surface area (Å²) in [6.45, 7) is 0.367. The Morgan fingerprint density at radius 2 is 1.83 bits per heavy atom. The van der Waals surface area contributed by atoms with Crippen molar-refractivity contribution in [3.8, 4) is 11.5 Å². The number of anilines is 1. The van der Waals surface area contributed by atoms with Gasteiger partial charge in [-0.1, -0.05) is 6.07 Å². The quantitative estimate of drug-likeness (QED) is 0.631. The third-order valence-electron chi connectivity index (χ3n) is 3.28. The molecule has 10 heteroatoms. The van der Waals surface area contributed by atoms with E-state index in [1.165, 1.54) is 24.3 Å². The number of rotatable bonds is 4. The van der Waals surface area contributed by atoms with E-state index in [2.05, 4.69) is 20.6 Å². The minimum absolute atomic E-state index is 0.00340. The number of hydrogen-bond donors (Lipinski definition) is 3. The maximum absolute atomic E-state index is 12.8. The average Bonchev–Trinajstić information content (AvgIpc) is 2.94. The van der Waals surface area contributed by atoms with Gasteiger partial charge in [-0.05, 0) is 36.2 Å². The van der Waals surface area contributed by atoms with Gasteiger partial charge in [0.2, 0.25) is 0 Å². The maximum Gasteiger partial charge on any atom is 0.453 e. The van der Waals surface area contributed by atoms with Crippen LogP contribution in [0.3, 0.4) is 0 Å². The summed E-state index contributed by atoms with van der Waals surface area (Å²) < 4.78 is 39.0. The average molecular weight is 339 g/mol. The van der Waals surface area contributed by atoms with Crippen molar-refractivity contribution in [1.29, 1.82) is 0 Å². The van der Waals surface area contributed by atoms with Crippen molar-refractivity contribution in [2.75, 3.05) is 11.9 Å². The van der Waals surface area contributed by atoms with Crippen molar-refractivity contribution in [2.24, 2.45) is 0 Å². The topological polar surface area (TPSA) is 95.6 Å². The molecule has 0 aliphatic rings. The Hall–Kier alpha value is -3.04. The molecule has 2 aromatic heterocycles. The zero-order chi connectivity index (χ0) is 17.3. The van der Waals surface area contributed by atoms with Crippen molar-refractivity contribution in [3.05, 3.63) is 41.7 Å². The van der Waals surface area contributed by atoms with Crippen molar-refractivity contribution in [2.45, 2.75) is 12.6 Å². The molecule has 1 aromatic carbocycles. The van der Waals surface area contributed by atoms with Gasteiger partial charge in [-0.2, -0.15) is 17.7 Å². The smallest absolute Gasteiger partial charge is 0.453 e. The van der Waals surface area contributed by atoms with Crippen LogP contribution in [-0.4, -0.2) is 36.6 Å². The molecule has 0 aliphatic heterocycles. The van der Waals surface area contributed by atoms with Crippen LogP contribution in [0.5, 0.6) is 11.5 Å². The van der Waals surface area contributed by atoms with E-state index in [0.29, 0.717) is 17.5 Å². The Morgan fingerprint density at radius 1 is 1.04 bits per heavy atom. The van der Waals surface area contributed by atoms with Crippen LogP contribution >= 0.6 is 0 Å². The van der Waals surface area contributed by atoms with E-state index < -0.39 is 12.0 Å². The minimum Gasteiger partial charge on any atom is -0.504 e. The number of benzene rings is 1.